The lowest BCUT2D eigenvalue weighted by Crippen LogP contribution is -2.24. The summed E-state index contributed by atoms with van der Waals surface area (Å²) in [5.74, 6) is 0.752. The fourth-order valence-electron chi connectivity index (χ4n) is 0.738. The zero-order chi connectivity index (χ0) is 10.4. The minimum Gasteiger partial charge on any atom is -0.518 e. The Morgan fingerprint density at radius 1 is 1.36 bits per heavy atom. The van der Waals surface area contributed by atoms with Crippen molar-refractivity contribution in [2.24, 2.45) is 5.73 Å². The molecule has 4 N–H and O–H groups in total. The van der Waals surface area contributed by atoms with E-state index in [2.05, 4.69) is 0 Å². The number of nitrogens with two attached hydrogens (primary N) is 2. The van der Waals surface area contributed by atoms with Gasteiger partial charge in [-0.25, -0.2) is 0 Å². The van der Waals surface area contributed by atoms with Crippen molar-refractivity contribution in [3.05, 3.63) is 24.3 Å². The van der Waals surface area contributed by atoms with Crippen LogP contribution in [0.3, 0.4) is 0 Å². The summed E-state index contributed by atoms with van der Waals surface area (Å²) in [6.07, 6.45) is 0.0297. The van der Waals surface area contributed by atoms with Gasteiger partial charge in [-0.3, -0.25) is 0 Å². The van der Waals surface area contributed by atoms with E-state index >= 15 is 0 Å². The van der Waals surface area contributed by atoms with Crippen molar-refractivity contribution in [2.75, 3.05) is 12.3 Å². The van der Waals surface area contributed by atoms with Gasteiger partial charge in [-0.1, -0.05) is 0 Å². The zero-order valence-electron chi connectivity index (χ0n) is 8.07. The van der Waals surface area contributed by atoms with E-state index in [0.29, 0.717) is 6.54 Å². The van der Waals surface area contributed by atoms with Crippen molar-refractivity contribution in [2.45, 2.75) is 13.0 Å². The smallest absolute Gasteiger partial charge is 0.518 e. The maximum Gasteiger partial charge on any atom is 0.521 e. The molecule has 0 saturated carbocycles. The minimum atomic E-state index is -0.0272. The molecule has 1 unspecified atom stereocenters. The fourth-order valence-corrected chi connectivity index (χ4v) is 1.28. The molecule has 1 rings (SSSR count). The lowest BCUT2D eigenvalue weighted by atomic mass is 10.3. The van der Waals surface area contributed by atoms with Gasteiger partial charge >= 0.3 is 10.0 Å². The molecule has 1 aromatic rings. The van der Waals surface area contributed by atoms with Crippen LogP contribution in [0.4, 0.5) is 5.69 Å². The number of hydrogen-bond donors (Lipinski definition) is 2. The van der Waals surface area contributed by atoms with Crippen LogP contribution in [-0.2, 0) is 4.43 Å². The summed E-state index contributed by atoms with van der Waals surface area (Å²) >= 11 is 0. The summed E-state index contributed by atoms with van der Waals surface area (Å²) in [7, 11) is -0.0272. The van der Waals surface area contributed by atoms with Crippen molar-refractivity contribution in [3.8, 4) is 5.75 Å². The lowest BCUT2D eigenvalue weighted by Gasteiger charge is -2.09. The van der Waals surface area contributed by atoms with Crippen LogP contribution in [0.15, 0.2) is 24.3 Å². The van der Waals surface area contributed by atoms with Crippen LogP contribution in [0.1, 0.15) is 6.92 Å². The van der Waals surface area contributed by atoms with Crippen LogP contribution in [-0.4, -0.2) is 22.7 Å². The van der Waals surface area contributed by atoms with E-state index in [1.165, 1.54) is 0 Å². The summed E-state index contributed by atoms with van der Waals surface area (Å²) in [6, 6.07) is 7.18. The van der Waals surface area contributed by atoms with Gasteiger partial charge in [-0.05, 0) is 31.2 Å². The average molecular weight is 210 g/mol. The molecule has 1 aromatic carbocycles. The molecule has 2 radical (unpaired) electrons. The van der Waals surface area contributed by atoms with Crippen molar-refractivity contribution in [1.29, 1.82) is 0 Å². The molecule has 14 heavy (non-hydrogen) atoms. The molecule has 0 spiro atoms. The Bertz CT molecular complexity index is 266. The maximum absolute atomic E-state index is 5.52. The van der Waals surface area contributed by atoms with E-state index < -0.39 is 0 Å². The zero-order valence-corrected chi connectivity index (χ0v) is 9.07. The molecule has 1 atom stereocenters. The molecule has 5 heteroatoms. The van der Waals surface area contributed by atoms with Gasteiger partial charge in [0.05, 0.1) is 6.10 Å². The SMILES string of the molecule is CC(CN)O[Si]Oc1ccc(N)cc1. The number of hydrogen-bond acceptors (Lipinski definition) is 4. The minimum absolute atomic E-state index is 0.0272. The normalized spacial score (nSPS) is 12.4. The molecule has 0 aromatic heterocycles. The van der Waals surface area contributed by atoms with Crippen molar-refractivity contribution in [1.82, 2.24) is 0 Å². The molecule has 0 fully saturated rings. The molecule has 0 saturated heterocycles. The third kappa shape index (κ3) is 3.78. The predicted molar refractivity (Wildman–Crippen MR) is 56.8 cm³/mol. The highest BCUT2D eigenvalue weighted by Gasteiger charge is 2.02. The Morgan fingerprint density at radius 3 is 2.57 bits per heavy atom. The molecule has 0 heterocycles. The molecule has 76 valence electrons. The lowest BCUT2D eigenvalue weighted by molar-refractivity contribution is 0.211. The van der Waals surface area contributed by atoms with Crippen LogP contribution in [0.25, 0.3) is 0 Å². The molecule has 0 amide bonds. The van der Waals surface area contributed by atoms with Gasteiger partial charge in [-0.2, -0.15) is 0 Å². The van der Waals surface area contributed by atoms with Gasteiger partial charge in [0.1, 0.15) is 5.75 Å². The number of rotatable bonds is 5. The van der Waals surface area contributed by atoms with Gasteiger partial charge in [0, 0.05) is 12.2 Å². The van der Waals surface area contributed by atoms with Crippen molar-refractivity contribution >= 4 is 15.7 Å². The Hall–Kier alpha value is -1.04. The second kappa shape index (κ2) is 5.64. The van der Waals surface area contributed by atoms with Gasteiger partial charge in [0.2, 0.25) is 0 Å². The Morgan fingerprint density at radius 2 is 2.00 bits per heavy atom. The van der Waals surface area contributed by atoms with Crippen LogP contribution in [0, 0.1) is 0 Å². The topological polar surface area (TPSA) is 70.5 Å². The maximum atomic E-state index is 5.52. The van der Waals surface area contributed by atoms with Gasteiger partial charge < -0.3 is 20.3 Å². The molecular formula is C9H14N2O2Si. The molecule has 0 aliphatic heterocycles. The molecule has 4 nitrogen and oxygen atoms in total. The van der Waals surface area contributed by atoms with E-state index in [-0.39, 0.29) is 16.1 Å². The van der Waals surface area contributed by atoms with Gasteiger partial charge in [-0.15, -0.1) is 0 Å². The molecule has 0 aliphatic carbocycles. The molecule has 0 bridgehead atoms. The first-order chi connectivity index (χ1) is 6.72. The third-order valence-electron chi connectivity index (χ3n) is 1.62. The summed E-state index contributed by atoms with van der Waals surface area (Å²) in [6.45, 7) is 2.40. The van der Waals surface area contributed by atoms with E-state index in [4.69, 9.17) is 20.3 Å². The van der Waals surface area contributed by atoms with E-state index in [0.717, 1.165) is 11.4 Å². The Kier molecular flexibility index (Phi) is 4.44. The van der Waals surface area contributed by atoms with E-state index in [9.17, 15) is 0 Å². The largest absolute Gasteiger partial charge is 0.521 e. The van der Waals surface area contributed by atoms with Gasteiger partial charge in [0.25, 0.3) is 0 Å². The third-order valence-corrected chi connectivity index (χ3v) is 2.44. The van der Waals surface area contributed by atoms with Crippen molar-refractivity contribution < 1.29 is 8.85 Å². The highest BCUT2D eigenvalue weighted by Crippen LogP contribution is 2.12. The van der Waals surface area contributed by atoms with Crippen LogP contribution in [0.5, 0.6) is 5.75 Å². The van der Waals surface area contributed by atoms with Gasteiger partial charge in [0.15, 0.2) is 0 Å². The average Bonchev–Trinajstić information content (AvgIpc) is 2.21. The standard InChI is InChI=1S/C9H14N2O2Si/c1-7(6-10)12-14-13-9-4-2-8(11)3-5-9/h2-5,7H,6,10-11H2,1H3. The molecular weight excluding hydrogens is 196 g/mol. The second-order valence-electron chi connectivity index (χ2n) is 2.92. The number of anilines is 1. The monoisotopic (exact) mass is 210 g/mol. The number of benzene rings is 1. The van der Waals surface area contributed by atoms with Crippen LogP contribution in [0.2, 0.25) is 0 Å². The highest BCUT2D eigenvalue weighted by atomic mass is 28.3. The fraction of sp³-hybridized carbons (Fsp3) is 0.333. The highest BCUT2D eigenvalue weighted by molar-refractivity contribution is 6.19. The predicted octanol–water partition coefficient (Wildman–Crippen LogP) is 0.546. The summed E-state index contributed by atoms with van der Waals surface area (Å²) in [5.41, 5.74) is 11.6. The second-order valence-corrected chi connectivity index (χ2v) is 3.53. The Labute approximate surface area is 86.3 Å². The first-order valence-corrected chi connectivity index (χ1v) is 5.17. The summed E-state index contributed by atoms with van der Waals surface area (Å²) in [5, 5.41) is 0. The Balaban J connectivity index is 2.28. The number of nitrogen functional groups attached to an aromatic ring is 1. The quantitative estimate of drug-likeness (QED) is 0.550. The van der Waals surface area contributed by atoms with Crippen LogP contribution >= 0.6 is 0 Å². The molecule has 0 aliphatic rings. The summed E-state index contributed by atoms with van der Waals surface area (Å²) < 4.78 is 10.6. The van der Waals surface area contributed by atoms with E-state index in [1.807, 2.05) is 6.92 Å². The first kappa shape index (κ1) is 11.0. The van der Waals surface area contributed by atoms with Crippen LogP contribution < -0.4 is 15.9 Å². The first-order valence-electron chi connectivity index (χ1n) is 4.35. The summed E-state index contributed by atoms with van der Waals surface area (Å²) in [4.78, 5) is 0. The van der Waals surface area contributed by atoms with Crippen molar-refractivity contribution in [3.63, 3.8) is 0 Å². The van der Waals surface area contributed by atoms with E-state index in [1.54, 1.807) is 24.3 Å².